The number of ketones is 1. The number of rotatable bonds is 4. The minimum absolute atomic E-state index is 0.158. The Labute approximate surface area is 148 Å². The van der Waals surface area contributed by atoms with Crippen LogP contribution in [0.25, 0.3) is 11.1 Å². The van der Waals surface area contributed by atoms with Gasteiger partial charge in [0.2, 0.25) is 0 Å². The molecule has 2 saturated heterocycles. The van der Waals surface area contributed by atoms with Crippen molar-refractivity contribution in [3.05, 3.63) is 59.7 Å². The number of hydrogen-bond acceptors (Lipinski definition) is 3. The molecule has 2 aliphatic rings. The van der Waals surface area contributed by atoms with Gasteiger partial charge in [-0.15, -0.1) is 0 Å². The van der Waals surface area contributed by atoms with Crippen molar-refractivity contribution in [3.8, 4) is 17.2 Å². The van der Waals surface area contributed by atoms with Gasteiger partial charge >= 0.3 is 0 Å². The molecule has 0 saturated carbocycles. The highest BCUT2D eigenvalue weighted by atomic mass is 16.5. The number of carbonyl (C=O) groups excluding carboxylic acids is 1. The summed E-state index contributed by atoms with van der Waals surface area (Å²) in [4.78, 5) is 12.6. The largest absolute Gasteiger partial charge is 0.375 e. The zero-order chi connectivity index (χ0) is 17.2. The summed E-state index contributed by atoms with van der Waals surface area (Å²) in [5.41, 5.74) is 3.66. The number of fused-ring (bicyclic) bond motifs is 2. The molecule has 2 unspecified atom stereocenters. The number of ether oxygens (including phenoxy) is 1. The molecule has 0 aliphatic carbocycles. The molecule has 2 aromatic carbocycles. The third-order valence-corrected chi connectivity index (χ3v) is 5.44. The minimum Gasteiger partial charge on any atom is -0.375 e. The maximum absolute atomic E-state index is 12.6. The number of carbonyl (C=O) groups is 1. The first-order valence-corrected chi connectivity index (χ1v) is 8.99. The highest BCUT2D eigenvalue weighted by molar-refractivity contribution is 5.83. The van der Waals surface area contributed by atoms with E-state index in [-0.39, 0.29) is 5.92 Å². The fourth-order valence-electron chi connectivity index (χ4n) is 4.10. The van der Waals surface area contributed by atoms with Crippen LogP contribution in [0, 0.1) is 17.2 Å². The Morgan fingerprint density at radius 2 is 1.72 bits per heavy atom. The molecule has 126 valence electrons. The molecule has 2 aromatic rings. The molecule has 4 rings (SSSR count). The first kappa shape index (κ1) is 16.1. The summed E-state index contributed by atoms with van der Waals surface area (Å²) in [6, 6.07) is 17.9. The van der Waals surface area contributed by atoms with Crippen LogP contribution in [0.5, 0.6) is 0 Å². The van der Waals surface area contributed by atoms with Crippen molar-refractivity contribution in [1.82, 2.24) is 0 Å². The molecule has 25 heavy (non-hydrogen) atoms. The van der Waals surface area contributed by atoms with Crippen molar-refractivity contribution in [3.63, 3.8) is 0 Å². The van der Waals surface area contributed by atoms with Crippen LogP contribution >= 0.6 is 0 Å². The zero-order valence-electron chi connectivity index (χ0n) is 14.2. The van der Waals surface area contributed by atoms with Crippen LogP contribution in [0.3, 0.4) is 0 Å². The van der Waals surface area contributed by atoms with Crippen molar-refractivity contribution in [2.75, 3.05) is 0 Å². The van der Waals surface area contributed by atoms with Crippen molar-refractivity contribution in [1.29, 1.82) is 5.26 Å². The molecule has 2 heterocycles. The Morgan fingerprint density at radius 1 is 1.04 bits per heavy atom. The molecule has 2 aliphatic heterocycles. The van der Waals surface area contributed by atoms with E-state index in [1.165, 1.54) is 0 Å². The molecular formula is C22H21NO2. The highest BCUT2D eigenvalue weighted by Crippen LogP contribution is 2.36. The van der Waals surface area contributed by atoms with E-state index in [0.29, 0.717) is 30.0 Å². The normalized spacial score (nSPS) is 24.7. The number of benzene rings is 2. The average molecular weight is 331 g/mol. The third kappa shape index (κ3) is 3.36. The van der Waals surface area contributed by atoms with Crippen LogP contribution in [-0.2, 0) is 16.0 Å². The lowest BCUT2D eigenvalue weighted by Crippen LogP contribution is -2.30. The number of nitrogens with zero attached hydrogens (tertiary/aromatic N) is 1. The summed E-state index contributed by atoms with van der Waals surface area (Å²) >= 11 is 0. The van der Waals surface area contributed by atoms with E-state index in [2.05, 4.69) is 6.07 Å². The van der Waals surface area contributed by atoms with E-state index >= 15 is 0 Å². The van der Waals surface area contributed by atoms with Gasteiger partial charge in [0.15, 0.2) is 0 Å². The van der Waals surface area contributed by atoms with Crippen LogP contribution in [0.15, 0.2) is 48.5 Å². The lowest BCUT2D eigenvalue weighted by Gasteiger charge is -2.27. The van der Waals surface area contributed by atoms with Crippen LogP contribution in [-0.4, -0.2) is 18.0 Å². The molecule has 3 heteroatoms. The molecule has 0 aromatic heterocycles. The lowest BCUT2D eigenvalue weighted by molar-refractivity contribution is -0.127. The fourth-order valence-corrected chi connectivity index (χ4v) is 4.10. The van der Waals surface area contributed by atoms with E-state index < -0.39 is 0 Å². The quantitative estimate of drug-likeness (QED) is 0.839. The van der Waals surface area contributed by atoms with E-state index in [9.17, 15) is 10.1 Å². The summed E-state index contributed by atoms with van der Waals surface area (Å²) in [6.07, 6.45) is 5.11. The zero-order valence-corrected chi connectivity index (χ0v) is 14.2. The Kier molecular flexibility index (Phi) is 4.38. The first-order chi connectivity index (χ1) is 12.2. The molecule has 0 spiro atoms. The Bertz CT molecular complexity index is 807. The minimum atomic E-state index is 0.158. The number of nitriles is 1. The van der Waals surface area contributed by atoms with E-state index in [1.54, 1.807) is 0 Å². The lowest BCUT2D eigenvalue weighted by atomic mass is 9.88. The van der Waals surface area contributed by atoms with Gasteiger partial charge in [-0.2, -0.15) is 5.26 Å². The van der Waals surface area contributed by atoms with Gasteiger partial charge in [0.05, 0.1) is 23.8 Å². The number of hydrogen-bond donors (Lipinski definition) is 0. The smallest absolute Gasteiger partial charge is 0.140 e. The molecular weight excluding hydrogens is 310 g/mol. The van der Waals surface area contributed by atoms with Crippen LogP contribution in [0.2, 0.25) is 0 Å². The topological polar surface area (TPSA) is 50.1 Å². The Balaban J connectivity index is 1.46. The van der Waals surface area contributed by atoms with E-state index in [0.717, 1.165) is 42.4 Å². The predicted octanol–water partition coefficient (Wildman–Crippen LogP) is 4.29. The van der Waals surface area contributed by atoms with Crippen molar-refractivity contribution in [2.24, 2.45) is 5.92 Å². The van der Waals surface area contributed by atoms with Gasteiger partial charge in [-0.05, 0) is 48.4 Å². The SMILES string of the molecule is N#Cc1ccccc1-c1ccc(CC(=O)C2CC3CCC(C2)O3)cc1. The van der Waals surface area contributed by atoms with Crippen molar-refractivity contribution >= 4 is 5.78 Å². The molecule has 2 fully saturated rings. The van der Waals surface area contributed by atoms with Gasteiger partial charge in [-0.3, -0.25) is 4.79 Å². The van der Waals surface area contributed by atoms with E-state index in [1.807, 2.05) is 48.5 Å². The Hall–Kier alpha value is -2.44. The van der Waals surface area contributed by atoms with E-state index in [4.69, 9.17) is 4.74 Å². The second-order valence-electron chi connectivity index (χ2n) is 7.12. The van der Waals surface area contributed by atoms with Gasteiger partial charge in [0.1, 0.15) is 5.78 Å². The van der Waals surface area contributed by atoms with Crippen molar-refractivity contribution in [2.45, 2.75) is 44.3 Å². The van der Waals surface area contributed by atoms with Crippen LogP contribution in [0.1, 0.15) is 36.8 Å². The summed E-state index contributed by atoms with van der Waals surface area (Å²) in [5.74, 6) is 0.496. The monoisotopic (exact) mass is 331 g/mol. The second-order valence-corrected chi connectivity index (χ2v) is 7.12. The van der Waals surface area contributed by atoms with Gasteiger partial charge < -0.3 is 4.74 Å². The van der Waals surface area contributed by atoms with Crippen LogP contribution in [0.4, 0.5) is 0 Å². The average Bonchev–Trinajstić information content (AvgIpc) is 3.00. The molecule has 3 nitrogen and oxygen atoms in total. The second kappa shape index (κ2) is 6.82. The van der Waals surface area contributed by atoms with Gasteiger partial charge in [-0.1, -0.05) is 42.5 Å². The predicted molar refractivity (Wildman–Crippen MR) is 95.9 cm³/mol. The number of Topliss-reactive ketones (excluding diaryl/α,β-unsaturated/α-hetero) is 1. The summed E-state index contributed by atoms with van der Waals surface area (Å²) in [5, 5.41) is 9.24. The maximum Gasteiger partial charge on any atom is 0.140 e. The van der Waals surface area contributed by atoms with Gasteiger partial charge in [0.25, 0.3) is 0 Å². The Morgan fingerprint density at radius 3 is 2.40 bits per heavy atom. The molecule has 2 atom stereocenters. The maximum atomic E-state index is 12.6. The molecule has 2 bridgehead atoms. The van der Waals surface area contributed by atoms with Crippen LogP contribution < -0.4 is 0 Å². The van der Waals surface area contributed by atoms with Crippen molar-refractivity contribution < 1.29 is 9.53 Å². The van der Waals surface area contributed by atoms with Gasteiger partial charge in [0, 0.05) is 12.3 Å². The molecule has 0 N–H and O–H groups in total. The summed E-state index contributed by atoms with van der Waals surface area (Å²) in [6.45, 7) is 0. The molecule has 0 amide bonds. The third-order valence-electron chi connectivity index (χ3n) is 5.44. The standard InChI is InChI=1S/C22H21NO2/c23-14-17-3-1-2-4-21(17)16-7-5-15(6-8-16)11-22(24)18-12-19-9-10-20(13-18)25-19/h1-8,18-20H,9-13H2. The summed E-state index contributed by atoms with van der Waals surface area (Å²) < 4.78 is 5.84. The highest BCUT2D eigenvalue weighted by Gasteiger charge is 2.37. The summed E-state index contributed by atoms with van der Waals surface area (Å²) in [7, 11) is 0. The fraction of sp³-hybridized carbons (Fsp3) is 0.364. The van der Waals surface area contributed by atoms with Gasteiger partial charge in [-0.25, -0.2) is 0 Å². The molecule has 0 radical (unpaired) electrons. The first-order valence-electron chi connectivity index (χ1n) is 8.99.